The summed E-state index contributed by atoms with van der Waals surface area (Å²) in [4.78, 5) is 25.9. The number of furan rings is 1. The molecule has 8 nitrogen and oxygen atoms in total. The van der Waals surface area contributed by atoms with Crippen molar-refractivity contribution >= 4 is 60.9 Å². The van der Waals surface area contributed by atoms with Crippen LogP contribution in [0.1, 0.15) is 24.2 Å². The third kappa shape index (κ3) is 4.91. The number of carboxylic acids is 1. The van der Waals surface area contributed by atoms with Crippen molar-refractivity contribution in [3.8, 4) is 20.9 Å². The molecular weight excluding hydrogens is 534 g/mol. The molecule has 6 rings (SSSR count). The highest BCUT2D eigenvalue weighted by atomic mass is 32.1. The van der Waals surface area contributed by atoms with Gasteiger partial charge in [-0.15, -0.1) is 22.7 Å². The highest BCUT2D eigenvalue weighted by Crippen LogP contribution is 2.44. The number of aryl methyl sites for hydroxylation is 1. The van der Waals surface area contributed by atoms with Crippen molar-refractivity contribution in [1.29, 1.82) is 0 Å². The van der Waals surface area contributed by atoms with Gasteiger partial charge < -0.3 is 14.3 Å². The molecule has 0 fully saturated rings. The molecule has 0 aliphatic rings. The van der Waals surface area contributed by atoms with Crippen LogP contribution in [0.25, 0.3) is 41.3 Å². The molecule has 0 spiro atoms. The summed E-state index contributed by atoms with van der Waals surface area (Å²) in [7, 11) is 1.78. The zero-order chi connectivity index (χ0) is 27.1. The summed E-state index contributed by atoms with van der Waals surface area (Å²) < 4.78 is 15.1. The van der Waals surface area contributed by atoms with Gasteiger partial charge in [0.05, 0.1) is 24.4 Å². The number of aliphatic carboxylic acids is 1. The molecule has 39 heavy (non-hydrogen) atoms. The molecule has 1 unspecified atom stereocenters. The van der Waals surface area contributed by atoms with Gasteiger partial charge in [-0.05, 0) is 36.2 Å². The first-order valence-corrected chi connectivity index (χ1v) is 13.8. The lowest BCUT2D eigenvalue weighted by molar-refractivity contribution is -0.136. The van der Waals surface area contributed by atoms with E-state index in [4.69, 9.17) is 14.3 Å². The molecule has 2 aromatic carbocycles. The van der Waals surface area contributed by atoms with E-state index in [2.05, 4.69) is 22.5 Å². The summed E-state index contributed by atoms with van der Waals surface area (Å²) in [5.74, 6) is -0.323. The number of amides is 1. The molecule has 196 valence electrons. The number of anilines is 1. The first-order chi connectivity index (χ1) is 18.9. The van der Waals surface area contributed by atoms with E-state index >= 15 is 0 Å². The fourth-order valence-electron chi connectivity index (χ4n) is 4.49. The second kappa shape index (κ2) is 10.0. The van der Waals surface area contributed by atoms with Gasteiger partial charge in [-0.3, -0.25) is 14.8 Å². The summed E-state index contributed by atoms with van der Waals surface area (Å²) in [6.45, 7) is 1.84. The number of ether oxygens (including phenoxy) is 1. The molecular formula is C29H23N3O5S2. The number of hydrogen-bond donors (Lipinski definition) is 2. The number of carbonyl (C=O) groups is 2. The number of nitrogens with one attached hydrogen (secondary N) is 1. The fraction of sp³-hybridized carbons (Fsp3) is 0.138. The Morgan fingerprint density at radius 1 is 1.08 bits per heavy atom. The maximum absolute atomic E-state index is 12.7. The van der Waals surface area contributed by atoms with Crippen molar-refractivity contribution in [3.05, 3.63) is 84.3 Å². The molecule has 0 aliphatic heterocycles. The van der Waals surface area contributed by atoms with Crippen LogP contribution < -0.4 is 5.32 Å². The summed E-state index contributed by atoms with van der Waals surface area (Å²) in [5.41, 5.74) is 4.08. The Morgan fingerprint density at radius 2 is 1.82 bits per heavy atom. The molecule has 2 N–H and O–H groups in total. The summed E-state index contributed by atoms with van der Waals surface area (Å²) in [6.07, 6.45) is 2.25. The van der Waals surface area contributed by atoms with E-state index in [1.165, 1.54) is 6.26 Å². The largest absolute Gasteiger partial charge is 0.481 e. The molecule has 0 saturated carbocycles. The number of thiophene rings is 2. The maximum Gasteiger partial charge on any atom is 0.413 e. The van der Waals surface area contributed by atoms with E-state index in [9.17, 15) is 9.59 Å². The topological polar surface area (TPSA) is 107 Å². The summed E-state index contributed by atoms with van der Waals surface area (Å²) in [6, 6.07) is 19.7. The van der Waals surface area contributed by atoms with E-state index in [-0.39, 0.29) is 6.42 Å². The fourth-order valence-corrected chi connectivity index (χ4v) is 6.90. The smallest absolute Gasteiger partial charge is 0.413 e. The minimum absolute atomic E-state index is 0.0706. The Morgan fingerprint density at radius 3 is 2.59 bits per heavy atom. The summed E-state index contributed by atoms with van der Waals surface area (Å²) in [5, 5.41) is 17.1. The minimum Gasteiger partial charge on any atom is -0.481 e. The summed E-state index contributed by atoms with van der Waals surface area (Å²) >= 11 is 3.28. The zero-order valence-corrected chi connectivity index (χ0v) is 22.6. The first-order valence-electron chi connectivity index (χ1n) is 12.2. The predicted octanol–water partition coefficient (Wildman–Crippen LogP) is 7.71. The Bertz CT molecular complexity index is 1800. The number of rotatable bonds is 7. The highest BCUT2D eigenvalue weighted by molar-refractivity contribution is 7.31. The van der Waals surface area contributed by atoms with E-state index in [1.807, 2.05) is 55.5 Å². The first kappa shape index (κ1) is 24.9. The second-order valence-corrected chi connectivity index (χ2v) is 11.3. The predicted molar refractivity (Wildman–Crippen MR) is 153 cm³/mol. The third-order valence-electron chi connectivity index (χ3n) is 6.47. The van der Waals surface area contributed by atoms with E-state index < -0.39 is 18.2 Å². The molecule has 1 atom stereocenters. The van der Waals surface area contributed by atoms with Gasteiger partial charge in [-0.25, -0.2) is 4.79 Å². The average Bonchev–Trinajstić information content (AvgIpc) is 3.68. The van der Waals surface area contributed by atoms with Crippen molar-refractivity contribution in [1.82, 2.24) is 9.78 Å². The molecule has 0 bridgehead atoms. The van der Waals surface area contributed by atoms with E-state index in [1.54, 1.807) is 40.6 Å². The van der Waals surface area contributed by atoms with E-state index in [0.29, 0.717) is 17.0 Å². The van der Waals surface area contributed by atoms with Crippen LogP contribution in [0.3, 0.4) is 0 Å². The van der Waals surface area contributed by atoms with Gasteiger partial charge in [0.2, 0.25) is 0 Å². The van der Waals surface area contributed by atoms with Crippen molar-refractivity contribution < 1.29 is 23.8 Å². The van der Waals surface area contributed by atoms with Crippen LogP contribution >= 0.6 is 22.7 Å². The molecule has 4 aromatic heterocycles. The molecule has 4 heterocycles. The van der Waals surface area contributed by atoms with Crippen LogP contribution in [-0.4, -0.2) is 26.9 Å². The lowest BCUT2D eigenvalue weighted by atomic mass is 10.1. The lowest BCUT2D eigenvalue weighted by Gasteiger charge is -2.14. The van der Waals surface area contributed by atoms with Crippen LogP contribution in [0.15, 0.2) is 77.5 Å². The van der Waals surface area contributed by atoms with E-state index in [0.717, 1.165) is 41.2 Å². The van der Waals surface area contributed by atoms with Crippen LogP contribution in [0.5, 0.6) is 0 Å². The lowest BCUT2D eigenvalue weighted by Crippen LogP contribution is -2.18. The Hall–Kier alpha value is -4.41. The quantitative estimate of drug-likeness (QED) is 0.208. The molecule has 1 amide bonds. The van der Waals surface area contributed by atoms with Crippen LogP contribution in [0, 0.1) is 0 Å². The molecule has 10 heteroatoms. The van der Waals surface area contributed by atoms with Gasteiger partial charge in [0.15, 0.2) is 0 Å². The van der Waals surface area contributed by atoms with Crippen molar-refractivity contribution in [3.63, 3.8) is 0 Å². The number of hydrogen-bond acceptors (Lipinski definition) is 7. The van der Waals surface area contributed by atoms with Gasteiger partial charge >= 0.3 is 12.1 Å². The number of carbonyl (C=O) groups excluding carboxylic acids is 1. The van der Waals surface area contributed by atoms with Gasteiger partial charge in [0, 0.05) is 37.2 Å². The minimum atomic E-state index is -0.887. The number of fused-ring (bicyclic) bond motifs is 2. The van der Waals surface area contributed by atoms with Gasteiger partial charge in [-0.1, -0.05) is 42.5 Å². The Labute approximate surface area is 231 Å². The Balaban J connectivity index is 1.22. The van der Waals surface area contributed by atoms with Crippen molar-refractivity contribution in [2.24, 2.45) is 7.05 Å². The third-order valence-corrected chi connectivity index (χ3v) is 8.84. The number of aromatic nitrogens is 2. The standard InChI is InChI=1S/C29H23N3O5S2/c1-16(17-6-4-3-5-7-17)37-29(35)31-28-21(14-30-32(28)2)24-13-26-25(39-24)12-23(38-26)18-8-9-20-19(11-27(33)34)15-36-22(20)10-18/h3-10,12-16H,11H2,1-2H3,(H,31,35)(H,33,34). The molecule has 6 aromatic rings. The SMILES string of the molecule is CC(OC(=O)Nc1c(-c2cc3sc(-c4ccc5c(CC(=O)O)coc5c4)cc3s2)cnn1C)c1ccccc1. The normalized spacial score (nSPS) is 12.2. The van der Waals surface area contributed by atoms with Crippen LogP contribution in [0.4, 0.5) is 10.6 Å². The number of carboxylic acid groups (broad SMARTS) is 1. The van der Waals surface area contributed by atoms with Crippen molar-refractivity contribution in [2.45, 2.75) is 19.4 Å². The monoisotopic (exact) mass is 557 g/mol. The van der Waals surface area contributed by atoms with Crippen molar-refractivity contribution in [2.75, 3.05) is 5.32 Å². The van der Waals surface area contributed by atoms with Crippen LogP contribution in [0.2, 0.25) is 0 Å². The van der Waals surface area contributed by atoms with Crippen LogP contribution in [-0.2, 0) is 23.0 Å². The number of nitrogens with zero attached hydrogens (tertiary/aromatic N) is 2. The number of benzene rings is 2. The maximum atomic E-state index is 12.7. The Kier molecular flexibility index (Phi) is 6.41. The van der Waals surface area contributed by atoms with Gasteiger partial charge in [0.25, 0.3) is 0 Å². The molecule has 0 aliphatic carbocycles. The average molecular weight is 558 g/mol. The molecule has 0 saturated heterocycles. The highest BCUT2D eigenvalue weighted by Gasteiger charge is 2.20. The second-order valence-electron chi connectivity index (χ2n) is 9.11. The molecule has 0 radical (unpaired) electrons. The zero-order valence-electron chi connectivity index (χ0n) is 21.0. The van der Waals surface area contributed by atoms with Gasteiger partial charge in [-0.2, -0.15) is 5.10 Å². The van der Waals surface area contributed by atoms with Gasteiger partial charge in [0.1, 0.15) is 17.5 Å².